The molecule has 0 spiro atoms. The average molecular weight is 194 g/mol. The Balaban J connectivity index is 2.07. The lowest BCUT2D eigenvalue weighted by molar-refractivity contribution is 0.583. The van der Waals surface area contributed by atoms with Crippen LogP contribution in [0.25, 0.3) is 0 Å². The van der Waals surface area contributed by atoms with Crippen LogP contribution in [0.3, 0.4) is 0 Å². The van der Waals surface area contributed by atoms with Crippen LogP contribution in [0.1, 0.15) is 0 Å². The molecule has 1 saturated heterocycles. The van der Waals surface area contributed by atoms with Crippen LogP contribution in [0, 0.1) is 0 Å². The van der Waals surface area contributed by atoms with Crippen LogP contribution < -0.4 is 21.5 Å². The zero-order valence-electron chi connectivity index (χ0n) is 7.90. The fourth-order valence-corrected chi connectivity index (χ4v) is 1.46. The monoisotopic (exact) mass is 194 g/mol. The molecule has 14 heavy (non-hydrogen) atoms. The molecule has 1 aromatic rings. The highest BCUT2D eigenvalue weighted by atomic mass is 15.3. The minimum atomic E-state index is 0.587. The van der Waals surface area contributed by atoms with Crippen molar-refractivity contribution >= 4 is 11.6 Å². The summed E-state index contributed by atoms with van der Waals surface area (Å²) in [5.41, 5.74) is 2.45. The first-order valence-electron chi connectivity index (χ1n) is 4.66. The Morgan fingerprint density at radius 3 is 2.64 bits per heavy atom. The second kappa shape index (κ2) is 4.21. The summed E-state index contributed by atoms with van der Waals surface area (Å²) in [5.74, 6) is 6.70. The second-order valence-corrected chi connectivity index (χ2v) is 3.16. The lowest BCUT2D eigenvalue weighted by atomic mass is 10.3. The molecule has 0 unspecified atom stereocenters. The van der Waals surface area contributed by atoms with Gasteiger partial charge in [-0.1, -0.05) is 0 Å². The molecule has 1 aliphatic heterocycles. The van der Waals surface area contributed by atoms with Crippen LogP contribution in [-0.4, -0.2) is 36.4 Å². The summed E-state index contributed by atoms with van der Waals surface area (Å²) in [7, 11) is 0. The molecule has 4 N–H and O–H groups in total. The molecule has 76 valence electrons. The smallest absolute Gasteiger partial charge is 0.162 e. The van der Waals surface area contributed by atoms with E-state index in [9.17, 15) is 0 Å². The van der Waals surface area contributed by atoms with Gasteiger partial charge in [0.2, 0.25) is 0 Å². The first-order valence-corrected chi connectivity index (χ1v) is 4.66. The van der Waals surface area contributed by atoms with Gasteiger partial charge in [0, 0.05) is 26.2 Å². The SMILES string of the molecule is NNc1ccc(N2CCNCC2)nn1. The number of hydrazine groups is 1. The van der Waals surface area contributed by atoms with Gasteiger partial charge in [-0.15, -0.1) is 10.2 Å². The zero-order valence-corrected chi connectivity index (χ0v) is 7.90. The molecule has 0 atom stereocenters. The maximum Gasteiger partial charge on any atom is 0.162 e. The van der Waals surface area contributed by atoms with Crippen molar-refractivity contribution in [2.75, 3.05) is 36.5 Å². The van der Waals surface area contributed by atoms with E-state index in [1.54, 1.807) is 0 Å². The van der Waals surface area contributed by atoms with Gasteiger partial charge in [0.1, 0.15) is 0 Å². The number of anilines is 2. The number of rotatable bonds is 2. The minimum Gasteiger partial charge on any atom is -0.353 e. The molecule has 6 nitrogen and oxygen atoms in total. The number of nitrogens with two attached hydrogens (primary N) is 1. The summed E-state index contributed by atoms with van der Waals surface area (Å²) >= 11 is 0. The third-order valence-electron chi connectivity index (χ3n) is 2.24. The Morgan fingerprint density at radius 1 is 1.29 bits per heavy atom. The van der Waals surface area contributed by atoms with Gasteiger partial charge in [-0.05, 0) is 12.1 Å². The van der Waals surface area contributed by atoms with Crippen molar-refractivity contribution in [1.29, 1.82) is 0 Å². The van der Waals surface area contributed by atoms with E-state index >= 15 is 0 Å². The van der Waals surface area contributed by atoms with Gasteiger partial charge in [-0.2, -0.15) is 0 Å². The van der Waals surface area contributed by atoms with Crippen molar-refractivity contribution in [1.82, 2.24) is 15.5 Å². The minimum absolute atomic E-state index is 0.587. The van der Waals surface area contributed by atoms with Crippen LogP contribution in [0.4, 0.5) is 11.6 Å². The largest absolute Gasteiger partial charge is 0.353 e. The van der Waals surface area contributed by atoms with E-state index < -0.39 is 0 Å². The molecule has 2 heterocycles. The molecule has 1 aromatic heterocycles. The van der Waals surface area contributed by atoms with E-state index in [2.05, 4.69) is 25.8 Å². The van der Waals surface area contributed by atoms with Crippen LogP contribution in [0.15, 0.2) is 12.1 Å². The maximum absolute atomic E-state index is 5.20. The fraction of sp³-hybridized carbons (Fsp3) is 0.500. The second-order valence-electron chi connectivity index (χ2n) is 3.16. The first kappa shape index (κ1) is 9.17. The Labute approximate surface area is 82.5 Å². The van der Waals surface area contributed by atoms with E-state index in [1.165, 1.54) is 0 Å². The zero-order chi connectivity index (χ0) is 9.80. The predicted octanol–water partition coefficient (Wildman–Crippen LogP) is -0.828. The summed E-state index contributed by atoms with van der Waals surface area (Å²) < 4.78 is 0. The Bertz CT molecular complexity index is 278. The summed E-state index contributed by atoms with van der Waals surface area (Å²) in [6.45, 7) is 3.95. The van der Waals surface area contributed by atoms with Gasteiger partial charge in [-0.25, -0.2) is 5.84 Å². The van der Waals surface area contributed by atoms with Crippen molar-refractivity contribution in [2.24, 2.45) is 5.84 Å². The molecule has 0 radical (unpaired) electrons. The number of hydrogen-bond acceptors (Lipinski definition) is 6. The summed E-state index contributed by atoms with van der Waals surface area (Å²) in [5, 5.41) is 11.3. The van der Waals surface area contributed by atoms with Crippen LogP contribution >= 0.6 is 0 Å². The molecule has 0 saturated carbocycles. The van der Waals surface area contributed by atoms with E-state index in [-0.39, 0.29) is 0 Å². The Hall–Kier alpha value is -1.40. The topological polar surface area (TPSA) is 79.1 Å². The third kappa shape index (κ3) is 1.91. The standard InChI is InChI=1S/C8H14N6/c9-11-7-1-2-8(13-12-7)14-5-3-10-4-6-14/h1-2,10H,3-6,9H2,(H,11,12). The van der Waals surface area contributed by atoms with E-state index in [0.717, 1.165) is 32.0 Å². The highest BCUT2D eigenvalue weighted by Crippen LogP contribution is 2.11. The Morgan fingerprint density at radius 2 is 2.07 bits per heavy atom. The highest BCUT2D eigenvalue weighted by molar-refractivity contribution is 5.43. The number of nitrogen functional groups attached to an aromatic ring is 1. The molecule has 0 aromatic carbocycles. The maximum atomic E-state index is 5.20. The number of nitrogens with zero attached hydrogens (tertiary/aromatic N) is 3. The summed E-state index contributed by atoms with van der Waals surface area (Å²) in [4.78, 5) is 2.20. The lowest BCUT2D eigenvalue weighted by Gasteiger charge is -2.27. The van der Waals surface area contributed by atoms with Gasteiger partial charge in [0.05, 0.1) is 0 Å². The van der Waals surface area contributed by atoms with Gasteiger partial charge in [0.15, 0.2) is 11.6 Å². The number of nitrogens with one attached hydrogen (secondary N) is 2. The van der Waals surface area contributed by atoms with Gasteiger partial charge >= 0.3 is 0 Å². The van der Waals surface area contributed by atoms with Crippen LogP contribution in [0.5, 0.6) is 0 Å². The lowest BCUT2D eigenvalue weighted by Crippen LogP contribution is -2.43. The number of aromatic nitrogens is 2. The molecule has 1 aliphatic rings. The van der Waals surface area contributed by atoms with Gasteiger partial charge < -0.3 is 15.6 Å². The molecule has 0 bridgehead atoms. The van der Waals surface area contributed by atoms with Crippen LogP contribution in [-0.2, 0) is 0 Å². The third-order valence-corrected chi connectivity index (χ3v) is 2.24. The molecule has 0 aliphatic carbocycles. The number of piperazine rings is 1. The van der Waals surface area contributed by atoms with Crippen molar-refractivity contribution in [2.45, 2.75) is 0 Å². The average Bonchev–Trinajstić information content (AvgIpc) is 2.30. The molecular formula is C8H14N6. The summed E-state index contributed by atoms with van der Waals surface area (Å²) in [6.07, 6.45) is 0. The van der Waals surface area contributed by atoms with E-state index in [0.29, 0.717) is 5.82 Å². The molecule has 1 fully saturated rings. The van der Waals surface area contributed by atoms with Crippen molar-refractivity contribution in [3.63, 3.8) is 0 Å². The van der Waals surface area contributed by atoms with Crippen LogP contribution in [0.2, 0.25) is 0 Å². The van der Waals surface area contributed by atoms with Gasteiger partial charge in [-0.3, -0.25) is 0 Å². The Kier molecular flexibility index (Phi) is 2.76. The highest BCUT2D eigenvalue weighted by Gasteiger charge is 2.11. The van der Waals surface area contributed by atoms with Crippen molar-refractivity contribution in [3.05, 3.63) is 12.1 Å². The molecule has 2 rings (SSSR count). The van der Waals surface area contributed by atoms with E-state index in [4.69, 9.17) is 5.84 Å². The van der Waals surface area contributed by atoms with Crippen molar-refractivity contribution < 1.29 is 0 Å². The quantitative estimate of drug-likeness (QED) is 0.421. The molecular weight excluding hydrogens is 180 g/mol. The predicted molar refractivity (Wildman–Crippen MR) is 54.9 cm³/mol. The first-order chi connectivity index (χ1) is 6.90. The fourth-order valence-electron chi connectivity index (χ4n) is 1.46. The molecule has 6 heteroatoms. The van der Waals surface area contributed by atoms with E-state index in [1.807, 2.05) is 12.1 Å². The van der Waals surface area contributed by atoms with Crippen molar-refractivity contribution in [3.8, 4) is 0 Å². The normalized spacial score (nSPS) is 16.8. The van der Waals surface area contributed by atoms with Gasteiger partial charge in [0.25, 0.3) is 0 Å². The molecule has 0 amide bonds. The summed E-state index contributed by atoms with van der Waals surface area (Å²) in [6, 6.07) is 3.75. The number of hydrogen-bond donors (Lipinski definition) is 3.